The zero-order valence-electron chi connectivity index (χ0n) is 11.1. The van der Waals surface area contributed by atoms with Crippen molar-refractivity contribution in [2.24, 2.45) is 0 Å². The monoisotopic (exact) mass is 332 g/mol. The van der Waals surface area contributed by atoms with Gasteiger partial charge < -0.3 is 17.3 Å². The zero-order chi connectivity index (χ0) is 16.4. The first-order chi connectivity index (χ1) is 9.45. The van der Waals surface area contributed by atoms with Crippen LogP contribution in [0.5, 0.6) is 0 Å². The van der Waals surface area contributed by atoms with E-state index in [4.69, 9.17) is 0 Å². The van der Waals surface area contributed by atoms with Gasteiger partial charge in [0.1, 0.15) is 0 Å². The van der Waals surface area contributed by atoms with E-state index in [0.717, 1.165) is 17.4 Å². The largest absolute Gasteiger partial charge is 0.673 e. The molecule has 0 amide bonds. The highest BCUT2D eigenvalue weighted by Gasteiger charge is 2.47. The van der Waals surface area contributed by atoms with Gasteiger partial charge in [0.25, 0.3) is 0 Å². The third-order valence-electron chi connectivity index (χ3n) is 2.66. The summed E-state index contributed by atoms with van der Waals surface area (Å²) in [5, 5.41) is 0.781. The lowest BCUT2D eigenvalue weighted by atomic mass is 10.1. The van der Waals surface area contributed by atoms with Gasteiger partial charge in [0, 0.05) is 18.4 Å². The van der Waals surface area contributed by atoms with E-state index >= 15 is 0 Å². The van der Waals surface area contributed by atoms with Crippen molar-refractivity contribution in [3.05, 3.63) is 34.7 Å². The summed E-state index contributed by atoms with van der Waals surface area (Å²) in [6, 6.07) is 6.89. The average Bonchev–Trinajstić information content (AvgIpc) is 2.61. The second-order valence-electron chi connectivity index (χ2n) is 4.18. The minimum atomic E-state index is -6.00. The maximum Gasteiger partial charge on any atom is 0.673 e. The number of alkyl halides is 3. The van der Waals surface area contributed by atoms with Crippen LogP contribution < -0.4 is 0 Å². The molecule has 2 rings (SSSR count). The number of thiophene rings is 1. The van der Waals surface area contributed by atoms with E-state index in [1.807, 2.05) is 13.0 Å². The van der Waals surface area contributed by atoms with Gasteiger partial charge in [0.2, 0.25) is 0 Å². The molecule has 1 atom stereocenters. The van der Waals surface area contributed by atoms with Gasteiger partial charge in [0.05, 0.1) is 10.5 Å². The Morgan fingerprint density at radius 3 is 2.05 bits per heavy atom. The van der Waals surface area contributed by atoms with Crippen LogP contribution in [0.2, 0.25) is 0 Å². The Bertz CT molecular complexity index is 606. The fourth-order valence-corrected chi connectivity index (χ4v) is 3.80. The minimum Gasteiger partial charge on any atom is -0.418 e. The van der Waals surface area contributed by atoms with Crippen LogP contribution in [0, 0.1) is 6.92 Å². The molecule has 0 bridgehead atoms. The summed E-state index contributed by atoms with van der Waals surface area (Å²) in [4.78, 5) is 0.420. The third kappa shape index (κ3) is 4.91. The molecular formula is C12H12BF7S. The molecule has 1 aromatic heterocycles. The van der Waals surface area contributed by atoms with Crippen LogP contribution in [0.15, 0.2) is 24.3 Å². The molecule has 0 aliphatic rings. The molecule has 0 aliphatic heterocycles. The first-order valence-electron chi connectivity index (χ1n) is 5.93. The van der Waals surface area contributed by atoms with Gasteiger partial charge in [-0.15, -0.1) is 13.2 Å². The number of aryl methyl sites for hydroxylation is 2. The molecule has 9 heteroatoms. The van der Waals surface area contributed by atoms with Crippen molar-refractivity contribution in [3.8, 4) is 0 Å². The Hall–Kier alpha value is -1.25. The molecular weight excluding hydrogens is 320 g/mol. The highest BCUT2D eigenvalue weighted by atomic mass is 32.2. The van der Waals surface area contributed by atoms with E-state index in [-0.39, 0.29) is 0 Å². The van der Waals surface area contributed by atoms with E-state index in [9.17, 15) is 30.4 Å². The van der Waals surface area contributed by atoms with Gasteiger partial charge in [-0.05, 0) is 18.1 Å². The maximum absolute atomic E-state index is 12.9. The number of hydrogen-bond acceptors (Lipinski definition) is 0. The highest BCUT2D eigenvalue weighted by molar-refractivity contribution is 7.38. The van der Waals surface area contributed by atoms with Crippen molar-refractivity contribution in [1.82, 2.24) is 0 Å². The normalized spacial score (nSPS) is 13.1. The Morgan fingerprint density at radius 2 is 1.62 bits per heavy atom. The van der Waals surface area contributed by atoms with Crippen LogP contribution in [0.4, 0.5) is 30.4 Å². The SMILES string of the molecule is CCc1cccc2c1cc(C)[s+]2C(F)(F)F.F[B-](F)(F)F. The van der Waals surface area contributed by atoms with E-state index in [0.29, 0.717) is 9.58 Å². The van der Waals surface area contributed by atoms with Gasteiger partial charge in [-0.1, -0.05) is 19.1 Å². The van der Waals surface area contributed by atoms with E-state index in [2.05, 4.69) is 0 Å². The van der Waals surface area contributed by atoms with Crippen molar-refractivity contribution in [3.63, 3.8) is 0 Å². The minimum absolute atomic E-state index is 0.420. The molecule has 21 heavy (non-hydrogen) atoms. The second kappa shape index (κ2) is 6.25. The Morgan fingerprint density at radius 1 is 1.10 bits per heavy atom. The lowest BCUT2D eigenvalue weighted by molar-refractivity contribution is -0.0867. The van der Waals surface area contributed by atoms with Crippen LogP contribution in [-0.4, -0.2) is 7.25 Å². The molecule has 0 fully saturated rings. The molecule has 1 heterocycles. The fraction of sp³-hybridized carbons (Fsp3) is 0.333. The predicted octanol–water partition coefficient (Wildman–Crippen LogP) is 6.24. The van der Waals surface area contributed by atoms with Gasteiger partial charge in [-0.2, -0.15) is 0 Å². The van der Waals surface area contributed by atoms with Crippen molar-refractivity contribution in [2.75, 3.05) is 0 Å². The Balaban J connectivity index is 0.000000383. The summed E-state index contributed by atoms with van der Waals surface area (Å²) in [5.41, 5.74) is -3.16. The van der Waals surface area contributed by atoms with E-state index < -0.39 is 23.2 Å². The molecule has 0 nitrogen and oxygen atoms in total. The predicted molar refractivity (Wildman–Crippen MR) is 72.0 cm³/mol. The summed E-state index contributed by atoms with van der Waals surface area (Å²) in [7, 11) is -7.72. The lowest BCUT2D eigenvalue weighted by Crippen LogP contribution is -2.02. The Labute approximate surface area is 119 Å². The van der Waals surface area contributed by atoms with Gasteiger partial charge >= 0.3 is 12.8 Å². The third-order valence-corrected chi connectivity index (χ3v) is 4.68. The van der Waals surface area contributed by atoms with Gasteiger partial charge in [-0.25, -0.2) is 0 Å². The first kappa shape index (κ1) is 17.8. The molecule has 118 valence electrons. The van der Waals surface area contributed by atoms with Crippen LogP contribution in [0.3, 0.4) is 0 Å². The number of halogens is 7. The zero-order valence-corrected chi connectivity index (χ0v) is 12.0. The van der Waals surface area contributed by atoms with Crippen molar-refractivity contribution in [1.29, 1.82) is 0 Å². The number of rotatable bonds is 1. The second-order valence-corrected chi connectivity index (χ2v) is 6.34. The van der Waals surface area contributed by atoms with Crippen LogP contribution in [-0.2, 0) is 11.9 Å². The van der Waals surface area contributed by atoms with Crippen LogP contribution >= 0.6 is 10.5 Å². The number of hydrogen-bond donors (Lipinski definition) is 0. The summed E-state index contributed by atoms with van der Waals surface area (Å²) in [5.74, 6) is 0. The molecule has 0 saturated carbocycles. The molecule has 1 aromatic carbocycles. The van der Waals surface area contributed by atoms with Gasteiger partial charge in [0.15, 0.2) is 9.58 Å². The topological polar surface area (TPSA) is 0 Å². The molecule has 2 aromatic rings. The van der Waals surface area contributed by atoms with Crippen molar-refractivity contribution in [2.45, 2.75) is 25.8 Å². The molecule has 0 radical (unpaired) electrons. The molecule has 1 unspecified atom stereocenters. The number of benzene rings is 1. The fourth-order valence-electron chi connectivity index (χ4n) is 1.98. The summed E-state index contributed by atoms with van der Waals surface area (Å²) in [6.45, 7) is 3.53. The quantitative estimate of drug-likeness (QED) is 0.330. The first-order valence-corrected chi connectivity index (χ1v) is 7.16. The summed E-state index contributed by atoms with van der Waals surface area (Å²) in [6.07, 6.45) is 0.766. The summed E-state index contributed by atoms with van der Waals surface area (Å²) >= 11 is 0. The van der Waals surface area contributed by atoms with Crippen molar-refractivity contribution < 1.29 is 30.4 Å². The summed E-state index contributed by atoms with van der Waals surface area (Å²) < 4.78 is 78.1. The molecule has 0 aliphatic carbocycles. The molecule has 0 saturated heterocycles. The average molecular weight is 332 g/mol. The Kier molecular flexibility index (Phi) is 5.30. The smallest absolute Gasteiger partial charge is 0.418 e. The van der Waals surface area contributed by atoms with Crippen LogP contribution in [0.25, 0.3) is 10.1 Å². The van der Waals surface area contributed by atoms with Gasteiger partial charge in [-0.3, -0.25) is 0 Å². The van der Waals surface area contributed by atoms with Crippen molar-refractivity contribution >= 4 is 27.8 Å². The molecule has 0 spiro atoms. The van der Waals surface area contributed by atoms with E-state index in [1.54, 1.807) is 25.1 Å². The maximum atomic E-state index is 12.9. The van der Waals surface area contributed by atoms with E-state index in [1.165, 1.54) is 0 Å². The molecule has 0 N–H and O–H groups in total. The number of fused-ring (bicyclic) bond motifs is 1. The standard InChI is InChI=1S/C12H12F3S.BF4/c1-3-9-5-4-6-11-10(9)7-8(2)16(11)12(13,14)15;2-1(3,4)5/h4-7H,3H2,1-2H3;/q+1;-1. The lowest BCUT2D eigenvalue weighted by Gasteiger charge is -1.98. The highest BCUT2D eigenvalue weighted by Crippen LogP contribution is 2.50. The van der Waals surface area contributed by atoms with Crippen LogP contribution in [0.1, 0.15) is 17.4 Å².